The third kappa shape index (κ3) is 4.16. The summed E-state index contributed by atoms with van der Waals surface area (Å²) in [5.41, 5.74) is 0.835. The molecule has 1 aromatic heterocycles. The van der Waals surface area contributed by atoms with Crippen LogP contribution in [0.4, 0.5) is 0 Å². The SMILES string of the molecule is COCc1cc(C(=O)N[C@H](Cc2ccccc2)C(=O)O)no1. The van der Waals surface area contributed by atoms with E-state index in [1.807, 2.05) is 18.2 Å². The Balaban J connectivity index is 2.03. The average Bonchev–Trinajstić information content (AvgIpc) is 2.96. The fraction of sp³-hybridized carbons (Fsp3) is 0.267. The summed E-state index contributed by atoms with van der Waals surface area (Å²) in [5.74, 6) is -1.32. The fourth-order valence-corrected chi connectivity index (χ4v) is 1.91. The lowest BCUT2D eigenvalue weighted by molar-refractivity contribution is -0.139. The molecule has 1 aromatic carbocycles. The van der Waals surface area contributed by atoms with E-state index in [-0.39, 0.29) is 18.7 Å². The van der Waals surface area contributed by atoms with Gasteiger partial charge in [0.15, 0.2) is 11.5 Å². The minimum Gasteiger partial charge on any atom is -0.480 e. The summed E-state index contributed by atoms with van der Waals surface area (Å²) in [7, 11) is 1.49. The van der Waals surface area contributed by atoms with Gasteiger partial charge in [-0.15, -0.1) is 0 Å². The van der Waals surface area contributed by atoms with Crippen molar-refractivity contribution in [2.24, 2.45) is 0 Å². The maximum Gasteiger partial charge on any atom is 0.326 e. The van der Waals surface area contributed by atoms with E-state index in [1.54, 1.807) is 12.1 Å². The van der Waals surface area contributed by atoms with E-state index in [9.17, 15) is 14.7 Å². The van der Waals surface area contributed by atoms with Crippen LogP contribution in [0, 0.1) is 0 Å². The van der Waals surface area contributed by atoms with Gasteiger partial charge in [-0.3, -0.25) is 4.79 Å². The van der Waals surface area contributed by atoms with Gasteiger partial charge in [0.1, 0.15) is 12.6 Å². The van der Waals surface area contributed by atoms with Crippen LogP contribution in [0.2, 0.25) is 0 Å². The summed E-state index contributed by atoms with van der Waals surface area (Å²) in [6, 6.07) is 9.43. The molecule has 7 nitrogen and oxygen atoms in total. The van der Waals surface area contributed by atoms with Crippen LogP contribution in [0.1, 0.15) is 21.8 Å². The zero-order chi connectivity index (χ0) is 15.9. The van der Waals surface area contributed by atoms with E-state index >= 15 is 0 Å². The van der Waals surface area contributed by atoms with Gasteiger partial charge in [-0.2, -0.15) is 0 Å². The zero-order valence-electron chi connectivity index (χ0n) is 12.0. The van der Waals surface area contributed by atoms with Gasteiger partial charge in [-0.05, 0) is 5.56 Å². The molecule has 0 fully saturated rings. The van der Waals surface area contributed by atoms with Crippen LogP contribution in [-0.4, -0.2) is 35.3 Å². The Bertz CT molecular complexity index is 638. The summed E-state index contributed by atoms with van der Waals surface area (Å²) >= 11 is 0. The monoisotopic (exact) mass is 304 g/mol. The van der Waals surface area contributed by atoms with Gasteiger partial charge in [-0.1, -0.05) is 35.5 Å². The molecule has 0 aliphatic rings. The molecule has 0 bridgehead atoms. The third-order valence-corrected chi connectivity index (χ3v) is 2.96. The minimum absolute atomic E-state index is 0.0198. The number of nitrogens with zero attached hydrogens (tertiary/aromatic N) is 1. The van der Waals surface area contributed by atoms with Gasteiger partial charge >= 0.3 is 5.97 Å². The van der Waals surface area contributed by atoms with Crippen molar-refractivity contribution in [1.29, 1.82) is 0 Å². The van der Waals surface area contributed by atoms with Crippen LogP contribution in [0.25, 0.3) is 0 Å². The third-order valence-electron chi connectivity index (χ3n) is 2.96. The molecule has 116 valence electrons. The largest absolute Gasteiger partial charge is 0.480 e. The fourth-order valence-electron chi connectivity index (χ4n) is 1.91. The second-order valence-electron chi connectivity index (χ2n) is 4.67. The van der Waals surface area contributed by atoms with Gasteiger partial charge in [-0.25, -0.2) is 4.79 Å². The van der Waals surface area contributed by atoms with E-state index < -0.39 is 17.9 Å². The molecule has 0 aliphatic heterocycles. The van der Waals surface area contributed by atoms with Crippen LogP contribution in [-0.2, 0) is 22.6 Å². The van der Waals surface area contributed by atoms with E-state index in [0.717, 1.165) is 5.56 Å². The highest BCUT2D eigenvalue weighted by Crippen LogP contribution is 2.07. The van der Waals surface area contributed by atoms with E-state index in [2.05, 4.69) is 10.5 Å². The van der Waals surface area contributed by atoms with Crippen LogP contribution in [0.3, 0.4) is 0 Å². The van der Waals surface area contributed by atoms with E-state index in [4.69, 9.17) is 9.26 Å². The van der Waals surface area contributed by atoms with Crippen LogP contribution >= 0.6 is 0 Å². The van der Waals surface area contributed by atoms with Crippen molar-refractivity contribution in [3.8, 4) is 0 Å². The maximum atomic E-state index is 12.0. The summed E-state index contributed by atoms with van der Waals surface area (Å²) in [5, 5.41) is 15.3. The van der Waals surface area contributed by atoms with Crippen molar-refractivity contribution in [2.75, 3.05) is 7.11 Å². The van der Waals surface area contributed by atoms with Crippen LogP contribution in [0.5, 0.6) is 0 Å². The topological polar surface area (TPSA) is 102 Å². The molecule has 2 N–H and O–H groups in total. The first-order chi connectivity index (χ1) is 10.6. The van der Waals surface area contributed by atoms with Crippen LogP contribution in [0.15, 0.2) is 40.9 Å². The van der Waals surface area contributed by atoms with Crippen molar-refractivity contribution in [2.45, 2.75) is 19.1 Å². The highest BCUT2D eigenvalue weighted by atomic mass is 16.5. The Labute approximate surface area is 126 Å². The molecule has 1 heterocycles. The number of aromatic nitrogens is 1. The summed E-state index contributed by atoms with van der Waals surface area (Å²) in [6.07, 6.45) is 0.185. The standard InChI is InChI=1S/C15H16N2O5/c1-21-9-11-8-12(17-22-11)14(18)16-13(15(19)20)7-10-5-3-2-4-6-10/h2-6,8,13H,7,9H2,1H3,(H,16,18)(H,19,20)/t13-/m1/s1. The van der Waals surface area contributed by atoms with Gasteiger partial charge in [0, 0.05) is 19.6 Å². The summed E-state index contributed by atoms with van der Waals surface area (Å²) in [4.78, 5) is 23.3. The number of carbonyl (C=O) groups is 2. The predicted octanol–water partition coefficient (Wildman–Crippen LogP) is 1.25. The Morgan fingerprint density at radius 3 is 2.73 bits per heavy atom. The number of hydrogen-bond donors (Lipinski definition) is 2. The number of methoxy groups -OCH3 is 1. The molecule has 2 aromatic rings. The second-order valence-corrected chi connectivity index (χ2v) is 4.67. The van der Waals surface area contributed by atoms with Gasteiger partial charge in [0.05, 0.1) is 0 Å². The number of amides is 1. The van der Waals surface area contributed by atoms with E-state index in [1.165, 1.54) is 13.2 Å². The Morgan fingerprint density at radius 1 is 1.36 bits per heavy atom. The molecule has 0 unspecified atom stereocenters. The molecule has 0 saturated heterocycles. The van der Waals surface area contributed by atoms with Gasteiger partial charge in [0.2, 0.25) is 0 Å². The number of rotatable bonds is 7. The summed E-state index contributed by atoms with van der Waals surface area (Å²) in [6.45, 7) is 0.187. The molecule has 2 rings (SSSR count). The van der Waals surface area contributed by atoms with Gasteiger partial charge in [0.25, 0.3) is 5.91 Å². The number of hydrogen-bond acceptors (Lipinski definition) is 5. The number of benzene rings is 1. The predicted molar refractivity (Wildman–Crippen MR) is 76.3 cm³/mol. The van der Waals surface area contributed by atoms with Crippen molar-refractivity contribution in [3.05, 3.63) is 53.4 Å². The number of aliphatic carboxylic acids is 1. The second kappa shape index (κ2) is 7.37. The lowest BCUT2D eigenvalue weighted by Gasteiger charge is -2.13. The lowest BCUT2D eigenvalue weighted by Crippen LogP contribution is -2.42. The highest BCUT2D eigenvalue weighted by molar-refractivity contribution is 5.94. The smallest absolute Gasteiger partial charge is 0.326 e. The van der Waals surface area contributed by atoms with Crippen molar-refractivity contribution < 1.29 is 24.0 Å². The number of carbonyl (C=O) groups excluding carboxylic acids is 1. The number of carboxylic acids is 1. The first kappa shape index (κ1) is 15.7. The summed E-state index contributed by atoms with van der Waals surface area (Å²) < 4.78 is 9.76. The number of ether oxygens (including phenoxy) is 1. The molecule has 0 aliphatic carbocycles. The van der Waals surface area contributed by atoms with E-state index in [0.29, 0.717) is 5.76 Å². The molecule has 0 saturated carbocycles. The Kier molecular flexibility index (Phi) is 5.26. The molecule has 0 spiro atoms. The highest BCUT2D eigenvalue weighted by Gasteiger charge is 2.23. The normalized spacial score (nSPS) is 11.9. The maximum absolute atomic E-state index is 12.0. The van der Waals surface area contributed by atoms with Crippen molar-refractivity contribution >= 4 is 11.9 Å². The molecule has 1 atom stereocenters. The quantitative estimate of drug-likeness (QED) is 0.798. The average molecular weight is 304 g/mol. The molecule has 22 heavy (non-hydrogen) atoms. The molecular formula is C15H16N2O5. The lowest BCUT2D eigenvalue weighted by atomic mass is 10.1. The number of carboxylic acid groups (broad SMARTS) is 1. The Hall–Kier alpha value is -2.67. The van der Waals surface area contributed by atoms with Gasteiger partial charge < -0.3 is 19.7 Å². The first-order valence-electron chi connectivity index (χ1n) is 6.62. The molecule has 0 radical (unpaired) electrons. The molecule has 7 heteroatoms. The van der Waals surface area contributed by atoms with Crippen LogP contribution < -0.4 is 5.32 Å². The minimum atomic E-state index is -1.11. The zero-order valence-corrected chi connectivity index (χ0v) is 12.0. The van der Waals surface area contributed by atoms with Crippen molar-refractivity contribution in [1.82, 2.24) is 10.5 Å². The molecule has 1 amide bonds. The number of nitrogens with one attached hydrogen (secondary N) is 1. The first-order valence-corrected chi connectivity index (χ1v) is 6.62. The Morgan fingerprint density at radius 2 is 2.09 bits per heavy atom. The molecular weight excluding hydrogens is 288 g/mol. The van der Waals surface area contributed by atoms with Crippen molar-refractivity contribution in [3.63, 3.8) is 0 Å².